The van der Waals surface area contributed by atoms with Crippen LogP contribution in [0.3, 0.4) is 0 Å². The molecule has 0 aromatic heterocycles. The van der Waals surface area contributed by atoms with Gasteiger partial charge in [-0.2, -0.15) is 0 Å². The van der Waals surface area contributed by atoms with Crippen molar-refractivity contribution in [2.45, 2.75) is 118 Å². The van der Waals surface area contributed by atoms with Crippen molar-refractivity contribution in [1.82, 2.24) is 0 Å². The van der Waals surface area contributed by atoms with Crippen molar-refractivity contribution >= 4 is 24.9 Å². The third kappa shape index (κ3) is 7.91. The Kier molecular flexibility index (Phi) is 14.0. The molecule has 0 spiro atoms. The number of rotatable bonds is 4. The first kappa shape index (κ1) is 23.4. The maximum atomic E-state index is 3.44. The Morgan fingerprint density at radius 1 is 0.667 bits per heavy atom. The van der Waals surface area contributed by atoms with E-state index in [1.54, 1.807) is 77.0 Å². The molecule has 0 amide bonds. The molecule has 145 valence electrons. The Labute approximate surface area is 174 Å². The van der Waals surface area contributed by atoms with Gasteiger partial charge in [-0.15, -0.1) is 17.0 Å². The summed E-state index contributed by atoms with van der Waals surface area (Å²) in [4.78, 5) is 0.933. The molecular weight excluding hydrogens is 470 g/mol. The Morgan fingerprint density at radius 3 is 1.12 bits per heavy atom. The monoisotopic (exact) mass is 507 g/mol. The summed E-state index contributed by atoms with van der Waals surface area (Å²) in [5.41, 5.74) is 3.57. The molecule has 3 aliphatic rings. The van der Waals surface area contributed by atoms with E-state index in [4.69, 9.17) is 0 Å². The predicted octanol–water partition coefficient (Wildman–Crippen LogP) is 8.18. The van der Waals surface area contributed by atoms with Crippen molar-refractivity contribution in [1.29, 1.82) is 0 Å². The van der Waals surface area contributed by atoms with E-state index in [-0.39, 0.29) is 17.0 Å². The average molecular weight is 509 g/mol. The van der Waals surface area contributed by atoms with Crippen LogP contribution in [0.5, 0.6) is 0 Å². The molecule has 3 aliphatic carbocycles. The summed E-state index contributed by atoms with van der Waals surface area (Å²) < 4.78 is 0. The molecule has 0 nitrogen and oxygen atoms in total. The van der Waals surface area contributed by atoms with E-state index in [9.17, 15) is 0 Å². The number of allylic oxidation sites excluding steroid dienone is 1. The van der Waals surface area contributed by atoms with Gasteiger partial charge in [0.25, 0.3) is 0 Å². The molecule has 0 heterocycles. The Hall–Kier alpha value is 1.31. The molecule has 0 N–H and O–H groups in total. The van der Waals surface area contributed by atoms with Crippen molar-refractivity contribution in [2.24, 2.45) is 0 Å². The zero-order valence-corrected chi connectivity index (χ0v) is 19.7. The second-order valence-corrected chi connectivity index (χ2v) is 11.5. The quantitative estimate of drug-likeness (QED) is 0.204. The van der Waals surface area contributed by atoms with Crippen LogP contribution in [0.4, 0.5) is 0 Å². The zero-order valence-electron chi connectivity index (χ0n) is 15.5. The zero-order chi connectivity index (χ0) is 16.3. The van der Waals surface area contributed by atoms with Crippen LogP contribution in [-0.2, 0) is 19.2 Å². The van der Waals surface area contributed by atoms with E-state index >= 15 is 0 Å². The van der Waals surface area contributed by atoms with E-state index in [1.807, 2.05) is 6.08 Å². The van der Waals surface area contributed by atoms with Crippen LogP contribution in [0.25, 0.3) is 0 Å². The Balaban J connectivity index is 0.000000522. The first-order chi connectivity index (χ1) is 11.4. The van der Waals surface area contributed by atoms with Gasteiger partial charge in [0, 0.05) is 0 Å². The van der Waals surface area contributed by atoms with Crippen molar-refractivity contribution in [3.05, 3.63) is 12.7 Å². The van der Waals surface area contributed by atoms with E-state index < -0.39 is 0 Å². The first-order valence-electron chi connectivity index (χ1n) is 10.3. The molecule has 3 fully saturated rings. The summed E-state index contributed by atoms with van der Waals surface area (Å²) in [5, 5.41) is 0. The molecule has 0 saturated heterocycles. The normalized spacial score (nSPS) is 24.0. The van der Waals surface area contributed by atoms with Gasteiger partial charge < -0.3 is 0 Å². The molecule has 0 aliphatic heterocycles. The second-order valence-electron chi connectivity index (χ2n) is 7.74. The van der Waals surface area contributed by atoms with Gasteiger partial charge in [0.1, 0.15) is 0 Å². The predicted molar refractivity (Wildman–Crippen MR) is 113 cm³/mol. The van der Waals surface area contributed by atoms with Crippen molar-refractivity contribution < 1.29 is 19.2 Å². The van der Waals surface area contributed by atoms with Gasteiger partial charge in [0.15, 0.2) is 0 Å². The topological polar surface area (TPSA) is 0 Å². The number of hydrogen-bond donors (Lipinski definition) is 0. The van der Waals surface area contributed by atoms with E-state index in [0.717, 1.165) is 4.89 Å². The molecule has 0 aromatic carbocycles. The van der Waals surface area contributed by atoms with E-state index in [2.05, 4.69) is 25.8 Å². The van der Waals surface area contributed by atoms with Crippen LogP contribution in [0.1, 0.15) is 96.3 Å². The Bertz CT molecular complexity index is 262. The summed E-state index contributed by atoms with van der Waals surface area (Å²) in [7, 11) is 0.385. The van der Waals surface area contributed by atoms with E-state index in [0.29, 0.717) is 7.92 Å². The number of hydrogen-bond acceptors (Lipinski definition) is 0. The van der Waals surface area contributed by atoms with Crippen LogP contribution in [0, 0.1) is 0 Å². The summed E-state index contributed by atoms with van der Waals surface area (Å²) in [6, 6.07) is 0. The van der Waals surface area contributed by atoms with Crippen LogP contribution < -0.4 is 0 Å². The average Bonchev–Trinajstić information content (AvgIpc) is 2.65. The van der Waals surface area contributed by atoms with E-state index in [1.165, 1.54) is 36.2 Å². The summed E-state index contributed by atoms with van der Waals surface area (Å²) >= 11 is 2.92. The van der Waals surface area contributed by atoms with Crippen molar-refractivity contribution in [3.8, 4) is 0 Å². The molecule has 0 unspecified atom stereocenters. The van der Waals surface area contributed by atoms with Gasteiger partial charge >= 0.3 is 36.8 Å². The molecule has 3 saturated carbocycles. The fourth-order valence-corrected chi connectivity index (χ4v) is 9.71. The molecule has 3 rings (SSSR count). The fourth-order valence-electron chi connectivity index (χ4n) is 5.03. The van der Waals surface area contributed by atoms with Crippen molar-refractivity contribution in [3.63, 3.8) is 0 Å². The second kappa shape index (κ2) is 14.4. The SMILES string of the molecule is Br.C1CCC(P(C2CCCCC2)C2CCCCC2)CC1.C=C[CH2][Pd]. The van der Waals surface area contributed by atoms with Crippen molar-refractivity contribution in [2.75, 3.05) is 0 Å². The fraction of sp³-hybridized carbons (Fsp3) is 0.905. The van der Waals surface area contributed by atoms with Gasteiger partial charge in [-0.1, -0.05) is 65.7 Å². The van der Waals surface area contributed by atoms with Gasteiger partial charge in [-0.3, -0.25) is 0 Å². The standard InChI is InChI=1S/C18H33P.C3H5.BrH.Pd/c1-4-10-16(11-5-1)19(17-12-6-2-7-13-17)18-14-8-3-9-15-18;1-3-2;;/h16-18H,1-15H2;3H,1-2H2;1H;. The van der Waals surface area contributed by atoms with Gasteiger partial charge in [0.2, 0.25) is 0 Å². The van der Waals surface area contributed by atoms with Crippen LogP contribution in [-0.4, -0.2) is 17.0 Å². The first-order valence-corrected chi connectivity index (χ1v) is 12.9. The minimum absolute atomic E-state index is 0. The summed E-state index contributed by atoms with van der Waals surface area (Å²) in [6.07, 6.45) is 25.4. The van der Waals surface area contributed by atoms with Crippen LogP contribution in [0.15, 0.2) is 12.7 Å². The maximum absolute atomic E-state index is 3.44. The molecule has 0 bridgehead atoms. The molecule has 0 atom stereocenters. The van der Waals surface area contributed by atoms with Gasteiger partial charge in [-0.05, 0) is 55.5 Å². The Morgan fingerprint density at radius 2 is 0.917 bits per heavy atom. The molecule has 3 heteroatoms. The summed E-state index contributed by atoms with van der Waals surface area (Å²) in [5.74, 6) is 0. The molecular formula is C21H39BrPPd. The third-order valence-electron chi connectivity index (χ3n) is 6.08. The third-order valence-corrected chi connectivity index (χ3v) is 10.6. The van der Waals surface area contributed by atoms with Crippen LogP contribution >= 0.6 is 24.9 Å². The van der Waals surface area contributed by atoms with Crippen LogP contribution in [0.2, 0.25) is 4.89 Å². The minimum atomic E-state index is 0. The molecule has 0 radical (unpaired) electrons. The molecule has 24 heavy (non-hydrogen) atoms. The summed E-state index contributed by atoms with van der Waals surface area (Å²) in [6.45, 7) is 3.44. The van der Waals surface area contributed by atoms with Gasteiger partial charge in [0.05, 0.1) is 0 Å². The molecule has 0 aromatic rings. The van der Waals surface area contributed by atoms with Gasteiger partial charge in [-0.25, -0.2) is 0 Å². The number of halogens is 1.